The molecule has 2 aromatic heterocycles. The Bertz CT molecular complexity index is 792. The lowest BCUT2D eigenvalue weighted by Gasteiger charge is -2.12. The molecule has 0 N–H and O–H groups in total. The first-order chi connectivity index (χ1) is 12.7. The molecule has 0 saturated heterocycles. The smallest absolute Gasteiger partial charge is 0.338 e. The van der Waals surface area contributed by atoms with Crippen molar-refractivity contribution in [3.63, 3.8) is 0 Å². The van der Waals surface area contributed by atoms with Crippen LogP contribution in [0, 0.1) is 0 Å². The van der Waals surface area contributed by atoms with Gasteiger partial charge in [-0.1, -0.05) is 0 Å². The maximum absolute atomic E-state index is 11.9. The van der Waals surface area contributed by atoms with Gasteiger partial charge in [0.25, 0.3) is 0 Å². The highest BCUT2D eigenvalue weighted by molar-refractivity contribution is 5.90. The van der Waals surface area contributed by atoms with E-state index in [2.05, 4.69) is 9.97 Å². The van der Waals surface area contributed by atoms with E-state index in [-0.39, 0.29) is 0 Å². The molecule has 0 aliphatic rings. The van der Waals surface area contributed by atoms with Gasteiger partial charge in [-0.15, -0.1) is 0 Å². The normalized spacial score (nSPS) is 10.2. The maximum atomic E-state index is 11.9. The molecule has 0 atom stereocenters. The van der Waals surface area contributed by atoms with Crippen LogP contribution < -0.4 is 9.47 Å². The van der Waals surface area contributed by atoms with Gasteiger partial charge in [0.2, 0.25) is 0 Å². The number of rotatable bonds is 7. The molecule has 2 heterocycles. The van der Waals surface area contributed by atoms with E-state index >= 15 is 0 Å². The van der Waals surface area contributed by atoms with Gasteiger partial charge in [0.05, 0.1) is 12.7 Å². The summed E-state index contributed by atoms with van der Waals surface area (Å²) in [5.74, 6) is 0.594. The first-order valence-electron chi connectivity index (χ1n) is 8.01. The van der Waals surface area contributed by atoms with Crippen molar-refractivity contribution in [3.8, 4) is 11.5 Å². The molecule has 0 radical (unpaired) electrons. The topological polar surface area (TPSA) is 70.5 Å². The van der Waals surface area contributed by atoms with E-state index in [0.717, 1.165) is 11.1 Å². The van der Waals surface area contributed by atoms with E-state index in [1.807, 2.05) is 24.3 Å². The summed E-state index contributed by atoms with van der Waals surface area (Å²) in [5, 5.41) is 0. The molecular weight excluding hydrogens is 332 g/mol. The van der Waals surface area contributed by atoms with Crippen LogP contribution in [0.25, 0.3) is 0 Å². The third kappa shape index (κ3) is 4.80. The maximum Gasteiger partial charge on any atom is 0.338 e. The van der Waals surface area contributed by atoms with Gasteiger partial charge in [-0.3, -0.25) is 9.97 Å². The van der Waals surface area contributed by atoms with Gasteiger partial charge < -0.3 is 14.2 Å². The Kier molecular flexibility index (Phi) is 5.77. The molecule has 0 saturated carbocycles. The number of ether oxygens (including phenoxy) is 3. The molecule has 26 heavy (non-hydrogen) atoms. The lowest BCUT2D eigenvalue weighted by Crippen LogP contribution is -2.04. The molecule has 132 valence electrons. The van der Waals surface area contributed by atoms with Crippen LogP contribution in [0.5, 0.6) is 11.5 Å². The fraction of sp³-hybridized carbons (Fsp3) is 0.150. The number of aromatic nitrogens is 2. The quantitative estimate of drug-likeness (QED) is 0.608. The number of esters is 1. The van der Waals surface area contributed by atoms with Crippen molar-refractivity contribution in [1.29, 1.82) is 0 Å². The molecule has 0 unspecified atom stereocenters. The third-order valence-corrected chi connectivity index (χ3v) is 3.61. The van der Waals surface area contributed by atoms with E-state index in [9.17, 15) is 4.79 Å². The molecule has 0 amide bonds. The summed E-state index contributed by atoms with van der Waals surface area (Å²) in [4.78, 5) is 19.9. The summed E-state index contributed by atoms with van der Waals surface area (Å²) in [6, 6.07) is 12.5. The summed E-state index contributed by atoms with van der Waals surface area (Å²) in [7, 11) is 1.34. The van der Waals surface area contributed by atoms with Crippen molar-refractivity contribution in [1.82, 2.24) is 9.97 Å². The van der Waals surface area contributed by atoms with Crippen molar-refractivity contribution in [2.24, 2.45) is 0 Å². The van der Waals surface area contributed by atoms with E-state index in [1.54, 1.807) is 43.0 Å². The van der Waals surface area contributed by atoms with Gasteiger partial charge in [0.1, 0.15) is 24.7 Å². The van der Waals surface area contributed by atoms with Crippen LogP contribution in [0.1, 0.15) is 21.5 Å². The Hall–Kier alpha value is -3.41. The first-order valence-corrected chi connectivity index (χ1v) is 8.01. The highest BCUT2D eigenvalue weighted by Gasteiger charge is 2.11. The largest absolute Gasteiger partial charge is 0.489 e. The molecule has 1 aromatic carbocycles. The molecule has 6 nitrogen and oxygen atoms in total. The molecular formula is C20H18N2O4. The van der Waals surface area contributed by atoms with Crippen LogP contribution in [0.3, 0.4) is 0 Å². The number of methoxy groups -OCH3 is 1. The number of carbonyl (C=O) groups is 1. The highest BCUT2D eigenvalue weighted by atomic mass is 16.5. The molecule has 0 bridgehead atoms. The van der Waals surface area contributed by atoms with Crippen LogP contribution in [0.4, 0.5) is 0 Å². The van der Waals surface area contributed by atoms with Crippen LogP contribution in [0.2, 0.25) is 0 Å². The molecule has 6 heteroatoms. The fourth-order valence-electron chi connectivity index (χ4n) is 2.27. The van der Waals surface area contributed by atoms with Crippen molar-refractivity contribution in [3.05, 3.63) is 83.9 Å². The van der Waals surface area contributed by atoms with Crippen molar-refractivity contribution in [2.75, 3.05) is 7.11 Å². The second kappa shape index (κ2) is 8.62. The van der Waals surface area contributed by atoms with Crippen LogP contribution in [0.15, 0.2) is 67.3 Å². The van der Waals surface area contributed by atoms with Gasteiger partial charge in [-0.05, 0) is 47.5 Å². The van der Waals surface area contributed by atoms with E-state index in [0.29, 0.717) is 30.3 Å². The lowest BCUT2D eigenvalue weighted by molar-refractivity contribution is 0.0599. The van der Waals surface area contributed by atoms with Crippen molar-refractivity contribution < 1.29 is 19.0 Å². The number of hydrogen-bond acceptors (Lipinski definition) is 6. The van der Waals surface area contributed by atoms with E-state index in [4.69, 9.17) is 14.2 Å². The third-order valence-electron chi connectivity index (χ3n) is 3.61. The Morgan fingerprint density at radius 2 is 1.27 bits per heavy atom. The number of benzene rings is 1. The Balaban J connectivity index is 1.75. The Labute approximate surface area is 151 Å². The summed E-state index contributed by atoms with van der Waals surface area (Å²) in [6.45, 7) is 0.716. The number of carbonyl (C=O) groups excluding carboxylic acids is 1. The standard InChI is InChI=1S/C20H18N2O4/c1-24-20(23)17-10-18(25-13-15-2-6-21-7-3-15)12-19(11-17)26-14-16-4-8-22-9-5-16/h2-12H,13-14H2,1H3. The minimum absolute atomic E-state index is 0.358. The molecule has 3 rings (SSSR count). The SMILES string of the molecule is COC(=O)c1cc(OCc2ccncc2)cc(OCc2ccncc2)c1. The van der Waals surface area contributed by atoms with E-state index < -0.39 is 5.97 Å². The summed E-state index contributed by atoms with van der Waals surface area (Å²) >= 11 is 0. The van der Waals surface area contributed by atoms with Gasteiger partial charge >= 0.3 is 5.97 Å². The molecule has 0 aliphatic carbocycles. The minimum atomic E-state index is -0.451. The van der Waals surface area contributed by atoms with Crippen LogP contribution in [-0.4, -0.2) is 23.0 Å². The molecule has 0 aliphatic heterocycles. The monoisotopic (exact) mass is 350 g/mol. The van der Waals surface area contributed by atoms with Gasteiger partial charge in [0.15, 0.2) is 0 Å². The zero-order chi connectivity index (χ0) is 18.2. The minimum Gasteiger partial charge on any atom is -0.489 e. The second-order valence-corrected chi connectivity index (χ2v) is 5.47. The number of nitrogens with zero attached hydrogens (tertiary/aromatic N) is 2. The predicted octanol–water partition coefficient (Wildman–Crippen LogP) is 3.42. The lowest BCUT2D eigenvalue weighted by atomic mass is 10.2. The van der Waals surface area contributed by atoms with Crippen LogP contribution >= 0.6 is 0 Å². The average Bonchev–Trinajstić information content (AvgIpc) is 2.71. The van der Waals surface area contributed by atoms with Crippen LogP contribution in [-0.2, 0) is 18.0 Å². The zero-order valence-electron chi connectivity index (χ0n) is 14.3. The Morgan fingerprint density at radius 3 is 1.69 bits per heavy atom. The second-order valence-electron chi connectivity index (χ2n) is 5.47. The molecule has 0 fully saturated rings. The highest BCUT2D eigenvalue weighted by Crippen LogP contribution is 2.25. The van der Waals surface area contributed by atoms with Crippen molar-refractivity contribution >= 4 is 5.97 Å². The zero-order valence-corrected chi connectivity index (χ0v) is 14.3. The predicted molar refractivity (Wildman–Crippen MR) is 94.9 cm³/mol. The first kappa shape index (κ1) is 17.4. The fourth-order valence-corrected chi connectivity index (χ4v) is 2.27. The number of pyridine rings is 2. The van der Waals surface area contributed by atoms with Crippen molar-refractivity contribution in [2.45, 2.75) is 13.2 Å². The molecule has 0 spiro atoms. The molecule has 3 aromatic rings. The van der Waals surface area contributed by atoms with Gasteiger partial charge in [0, 0.05) is 30.9 Å². The summed E-state index contributed by atoms with van der Waals surface area (Å²) in [5.41, 5.74) is 2.31. The van der Waals surface area contributed by atoms with Gasteiger partial charge in [-0.25, -0.2) is 4.79 Å². The average molecular weight is 350 g/mol. The van der Waals surface area contributed by atoms with E-state index in [1.165, 1.54) is 7.11 Å². The van der Waals surface area contributed by atoms with Gasteiger partial charge in [-0.2, -0.15) is 0 Å². The summed E-state index contributed by atoms with van der Waals surface area (Å²) < 4.78 is 16.4. The summed E-state index contributed by atoms with van der Waals surface area (Å²) in [6.07, 6.45) is 6.80. The number of hydrogen-bond donors (Lipinski definition) is 0. The Morgan fingerprint density at radius 1 is 0.808 bits per heavy atom.